The van der Waals surface area contributed by atoms with Crippen molar-refractivity contribution in [2.45, 2.75) is 0 Å². The van der Waals surface area contributed by atoms with Crippen LogP contribution in [-0.2, 0) is 0 Å². The highest BCUT2D eigenvalue weighted by molar-refractivity contribution is 8.06. The van der Waals surface area contributed by atoms with Gasteiger partial charge in [0, 0.05) is 19.5 Å². The molecule has 0 atom stereocenters. The van der Waals surface area contributed by atoms with E-state index < -0.39 is 0 Å². The van der Waals surface area contributed by atoms with E-state index in [1.54, 1.807) is 4.90 Å². The second-order valence-corrected chi connectivity index (χ2v) is 6.22. The average Bonchev–Trinajstić information content (AvgIpc) is 3.04. The number of benzene rings is 1. The van der Waals surface area contributed by atoms with Gasteiger partial charge in [-0.15, -0.1) is 0 Å². The molecular formula is C15H15ClN6S. The SMILES string of the molecule is CN(C)c1nc(Cl)nc(/C(N)=C2/NC(c3ccccc3)=CS2)n1. The Morgan fingerprint density at radius 3 is 2.61 bits per heavy atom. The van der Waals surface area contributed by atoms with Crippen LogP contribution in [0.3, 0.4) is 0 Å². The van der Waals surface area contributed by atoms with Crippen molar-refractivity contribution in [3.8, 4) is 0 Å². The van der Waals surface area contributed by atoms with Crippen molar-refractivity contribution in [2.75, 3.05) is 19.0 Å². The highest BCUT2D eigenvalue weighted by Gasteiger charge is 2.18. The molecule has 0 saturated heterocycles. The van der Waals surface area contributed by atoms with Gasteiger partial charge in [-0.3, -0.25) is 0 Å². The number of nitrogens with two attached hydrogens (primary N) is 1. The van der Waals surface area contributed by atoms with Crippen molar-refractivity contribution in [3.63, 3.8) is 0 Å². The molecule has 1 aromatic carbocycles. The van der Waals surface area contributed by atoms with Gasteiger partial charge in [-0.1, -0.05) is 42.1 Å². The highest BCUT2D eigenvalue weighted by Crippen LogP contribution is 2.32. The van der Waals surface area contributed by atoms with Crippen LogP contribution >= 0.6 is 23.4 Å². The summed E-state index contributed by atoms with van der Waals surface area (Å²) in [7, 11) is 3.66. The summed E-state index contributed by atoms with van der Waals surface area (Å²) in [6, 6.07) is 10.0. The van der Waals surface area contributed by atoms with Gasteiger partial charge in [0.05, 0.1) is 5.70 Å². The summed E-state index contributed by atoms with van der Waals surface area (Å²) in [6.45, 7) is 0. The zero-order valence-electron chi connectivity index (χ0n) is 12.6. The van der Waals surface area contributed by atoms with Crippen LogP contribution in [0.25, 0.3) is 11.4 Å². The van der Waals surface area contributed by atoms with E-state index in [4.69, 9.17) is 17.3 Å². The summed E-state index contributed by atoms with van der Waals surface area (Å²) in [5, 5.41) is 6.19. The van der Waals surface area contributed by atoms with Gasteiger partial charge in [-0.05, 0) is 17.2 Å². The molecule has 3 rings (SSSR count). The third-order valence-electron chi connectivity index (χ3n) is 3.11. The first-order valence-electron chi connectivity index (χ1n) is 6.83. The minimum Gasteiger partial charge on any atom is -0.394 e. The molecule has 0 saturated carbocycles. The second-order valence-electron chi connectivity index (χ2n) is 5.01. The molecule has 1 aromatic heterocycles. The Morgan fingerprint density at radius 1 is 1.17 bits per heavy atom. The molecule has 0 radical (unpaired) electrons. The number of nitrogens with zero attached hydrogens (tertiary/aromatic N) is 4. The molecule has 3 N–H and O–H groups in total. The van der Waals surface area contributed by atoms with Gasteiger partial charge in [0.25, 0.3) is 0 Å². The Morgan fingerprint density at radius 2 is 1.91 bits per heavy atom. The Bertz CT molecular complexity index is 788. The van der Waals surface area contributed by atoms with Crippen molar-refractivity contribution in [2.24, 2.45) is 5.73 Å². The van der Waals surface area contributed by atoms with Crippen LogP contribution in [0, 0.1) is 0 Å². The second kappa shape index (κ2) is 6.47. The maximum absolute atomic E-state index is 6.21. The van der Waals surface area contributed by atoms with Crippen LogP contribution in [-0.4, -0.2) is 29.0 Å². The number of thioether (sulfide) groups is 1. The largest absolute Gasteiger partial charge is 0.394 e. The van der Waals surface area contributed by atoms with Crippen molar-refractivity contribution in [3.05, 3.63) is 57.4 Å². The molecule has 8 heteroatoms. The lowest BCUT2D eigenvalue weighted by Gasteiger charge is -2.12. The fourth-order valence-electron chi connectivity index (χ4n) is 1.95. The van der Waals surface area contributed by atoms with Gasteiger partial charge in [-0.25, -0.2) is 0 Å². The normalized spacial score (nSPS) is 15.9. The van der Waals surface area contributed by atoms with E-state index in [-0.39, 0.29) is 5.28 Å². The molecule has 0 amide bonds. The summed E-state index contributed by atoms with van der Waals surface area (Å²) in [5.74, 6) is 0.814. The van der Waals surface area contributed by atoms with Gasteiger partial charge in [0.1, 0.15) is 10.7 Å². The molecule has 1 aliphatic heterocycles. The van der Waals surface area contributed by atoms with Gasteiger partial charge in [0.15, 0.2) is 5.82 Å². The van der Waals surface area contributed by atoms with Crippen molar-refractivity contribution < 1.29 is 0 Å². The molecule has 0 spiro atoms. The number of hydrogen-bond donors (Lipinski definition) is 2. The van der Waals surface area contributed by atoms with Crippen molar-refractivity contribution in [1.82, 2.24) is 20.3 Å². The summed E-state index contributed by atoms with van der Waals surface area (Å²) in [4.78, 5) is 14.3. The van der Waals surface area contributed by atoms with Crippen LogP contribution in [0.5, 0.6) is 0 Å². The van der Waals surface area contributed by atoms with Crippen LogP contribution in [0.15, 0.2) is 40.8 Å². The third kappa shape index (κ3) is 3.40. The number of nitrogens with one attached hydrogen (secondary N) is 1. The zero-order valence-corrected chi connectivity index (χ0v) is 14.2. The monoisotopic (exact) mass is 346 g/mol. The number of aromatic nitrogens is 3. The topological polar surface area (TPSA) is 80.0 Å². The molecule has 0 fully saturated rings. The predicted molar refractivity (Wildman–Crippen MR) is 95.4 cm³/mol. The first-order valence-corrected chi connectivity index (χ1v) is 8.08. The van der Waals surface area contributed by atoms with Gasteiger partial charge < -0.3 is 16.0 Å². The molecule has 0 bridgehead atoms. The smallest absolute Gasteiger partial charge is 0.229 e. The standard InChI is InChI=1S/C15H15ClN6S/c1-22(2)15-20-12(19-14(16)21-15)11(17)13-18-10(8-23-13)9-6-4-3-5-7-9/h3-8,18H,17H2,1-2H3/b13-11+. The molecule has 23 heavy (non-hydrogen) atoms. The summed E-state index contributed by atoms with van der Waals surface area (Å²) in [6.07, 6.45) is 0. The Hall–Kier alpha value is -2.25. The summed E-state index contributed by atoms with van der Waals surface area (Å²) < 4.78 is 0. The van der Waals surface area contributed by atoms with E-state index in [0.29, 0.717) is 17.5 Å². The average molecular weight is 347 g/mol. The molecule has 118 valence electrons. The number of hydrogen-bond acceptors (Lipinski definition) is 7. The zero-order chi connectivity index (χ0) is 16.4. The van der Waals surface area contributed by atoms with E-state index in [2.05, 4.69) is 20.3 Å². The van der Waals surface area contributed by atoms with E-state index in [1.165, 1.54) is 11.8 Å². The fourth-order valence-corrected chi connectivity index (χ4v) is 2.92. The van der Waals surface area contributed by atoms with E-state index >= 15 is 0 Å². The molecular weight excluding hydrogens is 332 g/mol. The molecule has 6 nitrogen and oxygen atoms in total. The summed E-state index contributed by atoms with van der Waals surface area (Å²) >= 11 is 7.45. The lowest BCUT2D eigenvalue weighted by molar-refractivity contribution is 0.936. The lowest BCUT2D eigenvalue weighted by Crippen LogP contribution is -2.17. The van der Waals surface area contributed by atoms with Crippen molar-refractivity contribution in [1.29, 1.82) is 0 Å². The van der Waals surface area contributed by atoms with Crippen LogP contribution in [0.2, 0.25) is 5.28 Å². The Kier molecular flexibility index (Phi) is 4.40. The molecule has 0 unspecified atom stereocenters. The van der Waals surface area contributed by atoms with Crippen LogP contribution in [0.1, 0.15) is 11.4 Å². The summed E-state index contributed by atoms with van der Waals surface area (Å²) in [5.41, 5.74) is 8.72. The number of anilines is 1. The Balaban J connectivity index is 1.89. The van der Waals surface area contributed by atoms with E-state index in [1.807, 2.05) is 49.8 Å². The van der Waals surface area contributed by atoms with Crippen LogP contribution in [0.4, 0.5) is 5.95 Å². The minimum atomic E-state index is 0.112. The van der Waals surface area contributed by atoms with E-state index in [9.17, 15) is 0 Å². The molecule has 1 aliphatic rings. The number of halogens is 1. The van der Waals surface area contributed by atoms with E-state index in [0.717, 1.165) is 16.3 Å². The van der Waals surface area contributed by atoms with Gasteiger partial charge >= 0.3 is 0 Å². The molecule has 2 aromatic rings. The first-order chi connectivity index (χ1) is 11.0. The predicted octanol–water partition coefficient (Wildman–Crippen LogP) is 2.51. The quantitative estimate of drug-likeness (QED) is 0.883. The lowest BCUT2D eigenvalue weighted by atomic mass is 10.2. The highest BCUT2D eigenvalue weighted by atomic mass is 35.5. The Labute approximate surface area is 143 Å². The molecule has 2 heterocycles. The molecule has 0 aliphatic carbocycles. The maximum Gasteiger partial charge on any atom is 0.229 e. The minimum absolute atomic E-state index is 0.112. The fraction of sp³-hybridized carbons (Fsp3) is 0.133. The van der Waals surface area contributed by atoms with Gasteiger partial charge in [0.2, 0.25) is 11.2 Å². The van der Waals surface area contributed by atoms with Crippen molar-refractivity contribution >= 4 is 40.7 Å². The van der Waals surface area contributed by atoms with Gasteiger partial charge in [-0.2, -0.15) is 15.0 Å². The van der Waals surface area contributed by atoms with Crippen LogP contribution < -0.4 is 16.0 Å². The number of rotatable bonds is 3. The maximum atomic E-state index is 6.21. The third-order valence-corrected chi connectivity index (χ3v) is 4.19. The first kappa shape index (κ1) is 15.6.